The van der Waals surface area contributed by atoms with Gasteiger partial charge in [0.15, 0.2) is 0 Å². The van der Waals surface area contributed by atoms with Crippen LogP contribution in [0.3, 0.4) is 0 Å². The van der Waals surface area contributed by atoms with Crippen LogP contribution in [0, 0.1) is 6.08 Å². The van der Waals surface area contributed by atoms with Crippen LogP contribution in [0.5, 0.6) is 0 Å². The molecule has 0 aromatic carbocycles. The van der Waals surface area contributed by atoms with Crippen LogP contribution in [-0.2, 0) is 0 Å². The molecule has 0 heteroatoms. The normalized spacial score (nSPS) is 20.3. The molecule has 0 unspecified atom stereocenters. The van der Waals surface area contributed by atoms with Crippen LogP contribution in [0.25, 0.3) is 0 Å². The van der Waals surface area contributed by atoms with E-state index in [1.807, 2.05) is 0 Å². The second-order valence-corrected chi connectivity index (χ2v) is 3.45. The summed E-state index contributed by atoms with van der Waals surface area (Å²) in [6.45, 7) is 0. The maximum atomic E-state index is 3.29. The lowest BCUT2D eigenvalue weighted by atomic mass is 10.1. The lowest BCUT2D eigenvalue weighted by Gasteiger charge is -1.93. The predicted molar refractivity (Wildman–Crippen MR) is 58.4 cm³/mol. The zero-order valence-corrected chi connectivity index (χ0v) is 8.34. The summed E-state index contributed by atoms with van der Waals surface area (Å²) in [6, 6.07) is 0. The maximum Gasteiger partial charge on any atom is -0.0276 e. The Kier molecular flexibility index (Phi) is 6.22. The quantitative estimate of drug-likeness (QED) is 0.484. The van der Waals surface area contributed by atoms with Crippen molar-refractivity contribution < 1.29 is 0 Å². The second-order valence-electron chi connectivity index (χ2n) is 3.45. The van der Waals surface area contributed by atoms with Crippen LogP contribution in [0.1, 0.15) is 44.9 Å². The average molecular weight is 175 g/mol. The van der Waals surface area contributed by atoms with Crippen LogP contribution >= 0.6 is 0 Å². The van der Waals surface area contributed by atoms with Gasteiger partial charge in [-0.1, -0.05) is 36.8 Å². The molecule has 1 aliphatic carbocycles. The summed E-state index contributed by atoms with van der Waals surface area (Å²) in [4.78, 5) is 0. The molecule has 0 N–H and O–H groups in total. The lowest BCUT2D eigenvalue weighted by Crippen LogP contribution is -1.74. The fourth-order valence-corrected chi connectivity index (χ4v) is 1.41. The van der Waals surface area contributed by atoms with Crippen molar-refractivity contribution in [2.45, 2.75) is 44.9 Å². The van der Waals surface area contributed by atoms with Crippen molar-refractivity contribution >= 4 is 0 Å². The molecular formula is C13H19. The molecule has 71 valence electrons. The highest BCUT2D eigenvalue weighted by molar-refractivity contribution is 5.00. The summed E-state index contributed by atoms with van der Waals surface area (Å²) >= 11 is 0. The standard InChI is InChI=1S/C13H19/c1-2-4-6-8-10-12-13-11-9-7-5-3-1/h1-3,8,10H,4,6-7,9,11-13H2. The summed E-state index contributed by atoms with van der Waals surface area (Å²) in [5.74, 6) is 0. The Balaban J connectivity index is 2.28. The lowest BCUT2D eigenvalue weighted by molar-refractivity contribution is 0.690. The van der Waals surface area contributed by atoms with Gasteiger partial charge in [0.05, 0.1) is 0 Å². The van der Waals surface area contributed by atoms with Gasteiger partial charge in [-0.05, 0) is 44.6 Å². The van der Waals surface area contributed by atoms with Crippen LogP contribution in [0.2, 0.25) is 0 Å². The average Bonchev–Trinajstić information content (AvgIpc) is 2.18. The van der Waals surface area contributed by atoms with Gasteiger partial charge in [-0.25, -0.2) is 0 Å². The molecule has 0 heterocycles. The highest BCUT2D eigenvalue weighted by Gasteiger charge is 1.86. The summed E-state index contributed by atoms with van der Waals surface area (Å²) < 4.78 is 0. The molecule has 1 radical (unpaired) electrons. The molecule has 0 saturated carbocycles. The van der Waals surface area contributed by atoms with E-state index in [-0.39, 0.29) is 0 Å². The number of hydrogen-bond acceptors (Lipinski definition) is 0. The monoisotopic (exact) mass is 175 g/mol. The van der Waals surface area contributed by atoms with Gasteiger partial charge in [0.1, 0.15) is 0 Å². The molecule has 0 aromatic heterocycles. The Labute approximate surface area is 82.0 Å². The van der Waals surface area contributed by atoms with Gasteiger partial charge in [0.25, 0.3) is 0 Å². The molecule has 1 rings (SSSR count). The molecule has 0 spiro atoms. The molecule has 13 heavy (non-hydrogen) atoms. The van der Waals surface area contributed by atoms with Crippen molar-refractivity contribution in [2.75, 3.05) is 0 Å². The molecule has 0 nitrogen and oxygen atoms in total. The van der Waals surface area contributed by atoms with Crippen molar-refractivity contribution in [3.05, 3.63) is 36.5 Å². The third-order valence-electron chi connectivity index (χ3n) is 2.21. The Morgan fingerprint density at radius 3 is 2.62 bits per heavy atom. The molecular weight excluding hydrogens is 156 g/mol. The van der Waals surface area contributed by atoms with Gasteiger partial charge < -0.3 is 0 Å². The first kappa shape index (κ1) is 10.3. The minimum atomic E-state index is 1.12. The summed E-state index contributed by atoms with van der Waals surface area (Å²) in [5.41, 5.74) is 0. The maximum absolute atomic E-state index is 3.29. The Morgan fingerprint density at radius 1 is 0.769 bits per heavy atom. The van der Waals surface area contributed by atoms with Crippen LogP contribution in [0.15, 0.2) is 30.4 Å². The van der Waals surface area contributed by atoms with Crippen LogP contribution in [0.4, 0.5) is 0 Å². The minimum absolute atomic E-state index is 1.12. The van der Waals surface area contributed by atoms with E-state index in [2.05, 4.69) is 36.5 Å². The fourth-order valence-electron chi connectivity index (χ4n) is 1.41. The first-order valence-corrected chi connectivity index (χ1v) is 5.37. The van der Waals surface area contributed by atoms with E-state index in [0.29, 0.717) is 0 Å². The highest BCUT2D eigenvalue weighted by atomic mass is 13.9. The van der Waals surface area contributed by atoms with E-state index >= 15 is 0 Å². The smallest absolute Gasteiger partial charge is 0.0276 e. The van der Waals surface area contributed by atoms with E-state index < -0.39 is 0 Å². The largest absolute Gasteiger partial charge is 0.0885 e. The van der Waals surface area contributed by atoms with Gasteiger partial charge in [0.2, 0.25) is 0 Å². The third-order valence-corrected chi connectivity index (χ3v) is 2.21. The summed E-state index contributed by atoms with van der Waals surface area (Å²) in [5, 5.41) is 0. The van der Waals surface area contributed by atoms with Crippen molar-refractivity contribution in [1.82, 2.24) is 0 Å². The first-order chi connectivity index (χ1) is 6.50. The van der Waals surface area contributed by atoms with Gasteiger partial charge in [0, 0.05) is 0 Å². The highest BCUT2D eigenvalue weighted by Crippen LogP contribution is 2.05. The molecule has 0 amide bonds. The number of hydrogen-bond donors (Lipinski definition) is 0. The molecule has 0 saturated heterocycles. The Hall–Kier alpha value is -0.780. The third kappa shape index (κ3) is 6.39. The number of allylic oxidation sites excluding steroid dienone is 6. The first-order valence-electron chi connectivity index (χ1n) is 5.37. The topological polar surface area (TPSA) is 0 Å². The van der Waals surface area contributed by atoms with Gasteiger partial charge >= 0.3 is 0 Å². The number of rotatable bonds is 0. The van der Waals surface area contributed by atoms with Gasteiger partial charge in [-0.2, -0.15) is 0 Å². The molecule has 0 aliphatic heterocycles. The van der Waals surface area contributed by atoms with E-state index in [1.54, 1.807) is 0 Å². The second kappa shape index (κ2) is 7.85. The summed E-state index contributed by atoms with van der Waals surface area (Å²) in [6.07, 6.45) is 23.0. The van der Waals surface area contributed by atoms with Crippen molar-refractivity contribution in [2.24, 2.45) is 0 Å². The molecule has 0 fully saturated rings. The zero-order valence-electron chi connectivity index (χ0n) is 8.34. The van der Waals surface area contributed by atoms with E-state index in [4.69, 9.17) is 0 Å². The van der Waals surface area contributed by atoms with E-state index in [1.165, 1.54) is 32.1 Å². The zero-order chi connectivity index (χ0) is 9.19. The van der Waals surface area contributed by atoms with Crippen molar-refractivity contribution in [3.63, 3.8) is 0 Å². The van der Waals surface area contributed by atoms with Crippen molar-refractivity contribution in [3.8, 4) is 0 Å². The Morgan fingerprint density at radius 2 is 1.62 bits per heavy atom. The minimum Gasteiger partial charge on any atom is -0.0885 e. The molecule has 1 aliphatic rings. The van der Waals surface area contributed by atoms with Crippen LogP contribution < -0.4 is 0 Å². The van der Waals surface area contributed by atoms with E-state index in [0.717, 1.165) is 12.8 Å². The molecule has 0 bridgehead atoms. The SMILES string of the molecule is [C]1=CC=CCCC=CCCCCC1. The van der Waals surface area contributed by atoms with Crippen LogP contribution in [-0.4, -0.2) is 0 Å². The van der Waals surface area contributed by atoms with Crippen molar-refractivity contribution in [1.29, 1.82) is 0 Å². The van der Waals surface area contributed by atoms with Gasteiger partial charge in [-0.3, -0.25) is 0 Å². The fraction of sp³-hybridized carbons (Fsp3) is 0.538. The molecule has 0 aromatic rings. The summed E-state index contributed by atoms with van der Waals surface area (Å²) in [7, 11) is 0. The molecule has 0 atom stereocenters. The predicted octanol–water partition coefficient (Wildman–Crippen LogP) is 4.20. The Bertz CT molecular complexity index is 184. The van der Waals surface area contributed by atoms with E-state index in [9.17, 15) is 0 Å². The van der Waals surface area contributed by atoms with Gasteiger partial charge in [-0.15, -0.1) is 0 Å².